The summed E-state index contributed by atoms with van der Waals surface area (Å²) in [5.41, 5.74) is 2.92. The summed E-state index contributed by atoms with van der Waals surface area (Å²) in [4.78, 5) is 12.0. The summed E-state index contributed by atoms with van der Waals surface area (Å²) < 4.78 is 8.26. The van der Waals surface area contributed by atoms with Gasteiger partial charge >= 0.3 is 0 Å². The van der Waals surface area contributed by atoms with E-state index in [1.807, 2.05) is 54.2 Å². The van der Waals surface area contributed by atoms with Crippen LogP contribution >= 0.6 is 27.5 Å². The fraction of sp³-hybridized carbons (Fsp3) is 0.200. The van der Waals surface area contributed by atoms with Crippen LogP contribution in [0.2, 0.25) is 5.02 Å². The molecule has 7 heteroatoms. The van der Waals surface area contributed by atoms with Crippen LogP contribution in [0.5, 0.6) is 5.75 Å². The molecule has 3 rings (SSSR count). The van der Waals surface area contributed by atoms with Crippen LogP contribution in [-0.4, -0.2) is 28.8 Å². The molecule has 1 amide bonds. The maximum absolute atomic E-state index is 12.0. The molecule has 3 aromatic rings. The van der Waals surface area contributed by atoms with Crippen LogP contribution < -0.4 is 10.1 Å². The van der Waals surface area contributed by atoms with Crippen molar-refractivity contribution in [1.82, 2.24) is 15.1 Å². The molecule has 140 valence electrons. The van der Waals surface area contributed by atoms with Crippen LogP contribution in [0.4, 0.5) is 0 Å². The highest BCUT2D eigenvalue weighted by molar-refractivity contribution is 9.10. The number of hydrogen-bond donors (Lipinski definition) is 1. The number of rotatable bonds is 7. The lowest BCUT2D eigenvalue weighted by atomic mass is 10.2. The van der Waals surface area contributed by atoms with Crippen LogP contribution in [0, 0.1) is 6.92 Å². The molecule has 1 N–H and O–H groups in total. The van der Waals surface area contributed by atoms with Crippen molar-refractivity contribution in [2.45, 2.75) is 13.3 Å². The molecule has 1 heterocycles. The predicted octanol–water partition coefficient (Wildman–Crippen LogP) is 4.33. The number of carbonyl (C=O) groups is 1. The van der Waals surface area contributed by atoms with E-state index in [-0.39, 0.29) is 12.5 Å². The minimum atomic E-state index is -0.191. The van der Waals surface area contributed by atoms with Gasteiger partial charge in [-0.1, -0.05) is 45.7 Å². The summed E-state index contributed by atoms with van der Waals surface area (Å²) >= 11 is 9.53. The highest BCUT2D eigenvalue weighted by Crippen LogP contribution is 2.31. The number of ether oxygens (including phenoxy) is 1. The van der Waals surface area contributed by atoms with E-state index in [0.29, 0.717) is 23.7 Å². The van der Waals surface area contributed by atoms with Crippen LogP contribution in [0.3, 0.4) is 0 Å². The molecule has 1 aromatic heterocycles. The Hall–Kier alpha value is -2.31. The van der Waals surface area contributed by atoms with Crippen molar-refractivity contribution in [3.05, 3.63) is 75.5 Å². The molecule has 0 fully saturated rings. The van der Waals surface area contributed by atoms with E-state index in [2.05, 4.69) is 26.3 Å². The zero-order valence-electron chi connectivity index (χ0n) is 14.8. The fourth-order valence-corrected chi connectivity index (χ4v) is 3.64. The smallest absolute Gasteiger partial charge is 0.257 e. The average molecular weight is 449 g/mol. The number of nitrogens with zero attached hydrogens (tertiary/aromatic N) is 2. The van der Waals surface area contributed by atoms with Crippen molar-refractivity contribution in [3.63, 3.8) is 0 Å². The summed E-state index contributed by atoms with van der Waals surface area (Å²) in [6.45, 7) is 2.31. The first-order valence-corrected chi connectivity index (χ1v) is 9.64. The number of benzene rings is 2. The van der Waals surface area contributed by atoms with Crippen LogP contribution in [-0.2, 0) is 11.2 Å². The molecule has 27 heavy (non-hydrogen) atoms. The summed E-state index contributed by atoms with van der Waals surface area (Å²) in [6, 6.07) is 13.5. The molecule has 0 aliphatic carbocycles. The van der Waals surface area contributed by atoms with Crippen LogP contribution in [0.25, 0.3) is 5.69 Å². The normalized spacial score (nSPS) is 10.6. The van der Waals surface area contributed by atoms with Gasteiger partial charge in [0.15, 0.2) is 6.61 Å². The molecule has 5 nitrogen and oxygen atoms in total. The largest absolute Gasteiger partial charge is 0.482 e. The van der Waals surface area contributed by atoms with Gasteiger partial charge in [0.25, 0.3) is 5.91 Å². The predicted molar refractivity (Wildman–Crippen MR) is 110 cm³/mol. The van der Waals surface area contributed by atoms with Crippen molar-refractivity contribution >= 4 is 33.4 Å². The SMILES string of the molecule is Cc1cc(Br)cc(Cl)c1OCC(=O)NCCc1cnn(-c2ccccc2)c1. The molecule has 0 saturated carbocycles. The first-order valence-electron chi connectivity index (χ1n) is 8.47. The lowest BCUT2D eigenvalue weighted by Crippen LogP contribution is -2.30. The van der Waals surface area contributed by atoms with Gasteiger partial charge in [-0.15, -0.1) is 0 Å². The number of nitrogens with one attached hydrogen (secondary N) is 1. The Morgan fingerprint density at radius 3 is 2.81 bits per heavy atom. The van der Waals surface area contributed by atoms with Crippen molar-refractivity contribution in [1.29, 1.82) is 0 Å². The average Bonchev–Trinajstić information content (AvgIpc) is 3.10. The van der Waals surface area contributed by atoms with Gasteiger partial charge in [-0.3, -0.25) is 4.79 Å². The van der Waals surface area contributed by atoms with Crippen molar-refractivity contribution < 1.29 is 9.53 Å². The zero-order chi connectivity index (χ0) is 19.2. The molecule has 0 unspecified atom stereocenters. The van der Waals surface area contributed by atoms with Gasteiger partial charge in [0, 0.05) is 17.2 Å². The van der Waals surface area contributed by atoms with E-state index in [9.17, 15) is 4.79 Å². The molecular formula is C20H19BrClN3O2. The van der Waals surface area contributed by atoms with Gasteiger partial charge in [0.2, 0.25) is 0 Å². The Labute approximate surface area is 171 Å². The van der Waals surface area contributed by atoms with Crippen LogP contribution in [0.15, 0.2) is 59.3 Å². The summed E-state index contributed by atoms with van der Waals surface area (Å²) in [5, 5.41) is 7.67. The third-order valence-corrected chi connectivity index (χ3v) is 4.67. The van der Waals surface area contributed by atoms with E-state index in [4.69, 9.17) is 16.3 Å². The molecule has 0 spiro atoms. The highest BCUT2D eigenvalue weighted by atomic mass is 79.9. The van der Waals surface area contributed by atoms with Gasteiger partial charge in [-0.25, -0.2) is 4.68 Å². The van der Waals surface area contributed by atoms with Crippen molar-refractivity contribution in [3.8, 4) is 11.4 Å². The number of aryl methyl sites for hydroxylation is 1. The number of amides is 1. The second-order valence-electron chi connectivity index (χ2n) is 6.05. The van der Waals surface area contributed by atoms with E-state index in [1.165, 1.54) is 0 Å². The Morgan fingerprint density at radius 1 is 1.30 bits per heavy atom. The maximum Gasteiger partial charge on any atom is 0.257 e. The quantitative estimate of drug-likeness (QED) is 0.585. The fourth-order valence-electron chi connectivity index (χ4n) is 2.62. The summed E-state index contributed by atoms with van der Waals surface area (Å²) in [5.74, 6) is 0.336. The van der Waals surface area contributed by atoms with E-state index >= 15 is 0 Å². The van der Waals surface area contributed by atoms with Gasteiger partial charge < -0.3 is 10.1 Å². The second-order valence-corrected chi connectivity index (χ2v) is 7.37. The molecule has 0 radical (unpaired) electrons. The molecule has 0 atom stereocenters. The van der Waals surface area contributed by atoms with Crippen LogP contribution in [0.1, 0.15) is 11.1 Å². The summed E-state index contributed by atoms with van der Waals surface area (Å²) in [7, 11) is 0. The van der Waals surface area contributed by atoms with Gasteiger partial charge in [-0.2, -0.15) is 5.10 Å². The van der Waals surface area contributed by atoms with Crippen molar-refractivity contribution in [2.75, 3.05) is 13.2 Å². The Bertz CT molecular complexity index is 905. The molecule has 0 bridgehead atoms. The van der Waals surface area contributed by atoms with Crippen molar-refractivity contribution in [2.24, 2.45) is 0 Å². The number of aromatic nitrogens is 2. The molecule has 0 aliphatic rings. The lowest BCUT2D eigenvalue weighted by molar-refractivity contribution is -0.123. The minimum Gasteiger partial charge on any atom is -0.482 e. The van der Waals surface area contributed by atoms with Gasteiger partial charge in [0.1, 0.15) is 5.75 Å². The Kier molecular flexibility index (Phi) is 6.53. The number of para-hydroxylation sites is 1. The monoisotopic (exact) mass is 447 g/mol. The highest BCUT2D eigenvalue weighted by Gasteiger charge is 2.10. The van der Waals surface area contributed by atoms with E-state index in [1.54, 1.807) is 12.3 Å². The van der Waals surface area contributed by atoms with Gasteiger partial charge in [-0.05, 0) is 48.7 Å². The number of carbonyl (C=O) groups excluding carboxylic acids is 1. The molecule has 2 aromatic carbocycles. The zero-order valence-corrected chi connectivity index (χ0v) is 17.1. The Morgan fingerprint density at radius 2 is 2.07 bits per heavy atom. The first kappa shape index (κ1) is 19.5. The lowest BCUT2D eigenvalue weighted by Gasteiger charge is -2.11. The third kappa shape index (κ3) is 5.34. The standard InChI is InChI=1S/C20H19BrClN3O2/c1-14-9-16(21)10-18(22)20(14)27-13-19(26)23-8-7-15-11-24-25(12-15)17-5-3-2-4-6-17/h2-6,9-12H,7-8,13H2,1H3,(H,23,26). The number of hydrogen-bond acceptors (Lipinski definition) is 3. The van der Waals surface area contributed by atoms with E-state index < -0.39 is 0 Å². The Balaban J connectivity index is 1.46. The topological polar surface area (TPSA) is 56.1 Å². The molecular weight excluding hydrogens is 430 g/mol. The van der Waals surface area contributed by atoms with E-state index in [0.717, 1.165) is 21.3 Å². The van der Waals surface area contributed by atoms with Gasteiger partial charge in [0.05, 0.1) is 16.9 Å². The second kappa shape index (κ2) is 9.06. The minimum absolute atomic E-state index is 0.0779. The summed E-state index contributed by atoms with van der Waals surface area (Å²) in [6.07, 6.45) is 4.46. The number of halogens is 2. The molecule has 0 saturated heterocycles. The maximum atomic E-state index is 12.0. The molecule has 0 aliphatic heterocycles. The first-order chi connectivity index (χ1) is 13.0. The third-order valence-electron chi connectivity index (χ3n) is 3.93.